The van der Waals surface area contributed by atoms with Crippen molar-refractivity contribution in [1.82, 2.24) is 9.80 Å². The molecule has 14 heteroatoms. The van der Waals surface area contributed by atoms with Crippen LogP contribution in [0, 0.1) is 34.1 Å². The van der Waals surface area contributed by atoms with E-state index in [1.807, 2.05) is 9.80 Å². The Kier molecular flexibility index (Phi) is 24.7. The number of carbonyl (C=O) groups excluding carboxylic acids is 2. The van der Waals surface area contributed by atoms with Gasteiger partial charge in [0.05, 0.1) is 13.2 Å². The van der Waals surface area contributed by atoms with Crippen LogP contribution in [0.4, 0.5) is 17.6 Å². The van der Waals surface area contributed by atoms with Gasteiger partial charge in [0.25, 0.3) is 0 Å². The molecule has 0 unspecified atom stereocenters. The molecule has 2 aromatic rings. The van der Waals surface area contributed by atoms with E-state index in [0.29, 0.717) is 50.1 Å². The summed E-state index contributed by atoms with van der Waals surface area (Å²) in [5.41, 5.74) is -1.81. The Morgan fingerprint density at radius 1 is 0.530 bits per heavy atom. The van der Waals surface area contributed by atoms with Crippen LogP contribution in [-0.2, 0) is 54.6 Å². The van der Waals surface area contributed by atoms with E-state index < -0.39 is 64.1 Å². The van der Waals surface area contributed by atoms with E-state index in [-0.39, 0.29) is 49.9 Å². The summed E-state index contributed by atoms with van der Waals surface area (Å²) < 4.78 is 68.5. The van der Waals surface area contributed by atoms with Gasteiger partial charge in [0.1, 0.15) is 0 Å². The van der Waals surface area contributed by atoms with E-state index in [9.17, 15) is 47.0 Å². The lowest BCUT2D eigenvalue weighted by molar-refractivity contribution is -0.176. The molecule has 0 aliphatic carbocycles. The van der Waals surface area contributed by atoms with Crippen molar-refractivity contribution in [3.05, 3.63) is 69.8 Å². The van der Waals surface area contributed by atoms with Crippen LogP contribution < -0.4 is 0 Å². The van der Waals surface area contributed by atoms with Crippen LogP contribution in [0.2, 0.25) is 0 Å². The lowest BCUT2D eigenvalue weighted by Crippen LogP contribution is -2.50. The highest BCUT2D eigenvalue weighted by Crippen LogP contribution is 2.36. The predicted molar refractivity (Wildman–Crippen MR) is 248 cm³/mol. The van der Waals surface area contributed by atoms with Crippen molar-refractivity contribution in [3.8, 4) is 0 Å². The number of aryl methyl sites for hydroxylation is 2. The number of methoxy groups -OCH3 is 1. The Labute approximate surface area is 391 Å². The number of aliphatic carboxylic acids is 2. The first kappa shape index (κ1) is 56.3. The number of rotatable bonds is 27. The zero-order valence-electron chi connectivity index (χ0n) is 40.4. The number of piperidine rings is 2. The van der Waals surface area contributed by atoms with Crippen LogP contribution in [-0.4, -0.2) is 83.3 Å². The molecule has 0 bridgehead atoms. The summed E-state index contributed by atoms with van der Waals surface area (Å²) in [7, 11) is 1.17. The highest BCUT2D eigenvalue weighted by Gasteiger charge is 2.51. The van der Waals surface area contributed by atoms with E-state index in [2.05, 4.69) is 18.6 Å². The third-order valence-corrected chi connectivity index (χ3v) is 13.4. The van der Waals surface area contributed by atoms with Gasteiger partial charge in [-0.05, 0) is 76.3 Å². The zero-order valence-corrected chi connectivity index (χ0v) is 40.4. The first-order valence-corrected chi connectivity index (χ1v) is 24.7. The number of halogens is 4. The molecule has 10 nitrogen and oxygen atoms in total. The number of likely N-dealkylation sites (tertiary alicyclic amines) is 2. The number of hydrogen-bond acceptors (Lipinski definition) is 8. The summed E-state index contributed by atoms with van der Waals surface area (Å²) in [6.45, 7) is 9.28. The smallest absolute Gasteiger partial charge is 0.323 e. The van der Waals surface area contributed by atoms with Gasteiger partial charge in [0.15, 0.2) is 34.1 Å². The van der Waals surface area contributed by atoms with Gasteiger partial charge in [-0.3, -0.25) is 29.0 Å². The summed E-state index contributed by atoms with van der Waals surface area (Å²) in [6.07, 6.45) is 19.4. The number of unbranched alkanes of at least 4 members (excludes halogenated alkanes) is 14. The van der Waals surface area contributed by atoms with Crippen molar-refractivity contribution in [1.29, 1.82) is 0 Å². The second-order valence-electron chi connectivity index (χ2n) is 18.7. The highest BCUT2D eigenvalue weighted by molar-refractivity contribution is 6.00. The van der Waals surface area contributed by atoms with Gasteiger partial charge in [-0.25, -0.2) is 17.6 Å². The van der Waals surface area contributed by atoms with Crippen LogP contribution in [0.5, 0.6) is 0 Å². The summed E-state index contributed by atoms with van der Waals surface area (Å²) in [6, 6.07) is 6.58. The Hall–Kier alpha value is -4.04. The average molecular weight is 935 g/mol. The van der Waals surface area contributed by atoms with Crippen molar-refractivity contribution in [2.75, 3.05) is 33.3 Å². The predicted octanol–water partition coefficient (Wildman–Crippen LogP) is 11.8. The maximum absolute atomic E-state index is 14.7. The fourth-order valence-corrected chi connectivity index (χ4v) is 8.99. The monoisotopic (exact) mass is 935 g/mol. The van der Waals surface area contributed by atoms with Crippen LogP contribution in [0.15, 0.2) is 24.3 Å². The highest BCUT2D eigenvalue weighted by atomic mass is 19.2. The number of hydrogen-bond donors (Lipinski definition) is 2. The molecule has 0 radical (unpaired) electrons. The molecule has 2 fully saturated rings. The largest absolute Gasteiger partial charge is 0.480 e. The number of nitrogens with zero attached hydrogens (tertiary/aromatic N) is 2. The van der Waals surface area contributed by atoms with Gasteiger partial charge in [-0.15, -0.1) is 0 Å². The number of carboxylic acid groups (broad SMARTS) is 2. The molecule has 0 spiro atoms. The first-order valence-electron chi connectivity index (χ1n) is 24.7. The quantitative estimate of drug-likeness (QED) is 0.0386. The van der Waals surface area contributed by atoms with Crippen LogP contribution in [0.3, 0.4) is 0 Å². The molecule has 4 rings (SSSR count). The fourth-order valence-electron chi connectivity index (χ4n) is 8.99. The Morgan fingerprint density at radius 2 is 0.833 bits per heavy atom. The molecule has 372 valence electrons. The van der Waals surface area contributed by atoms with E-state index in [4.69, 9.17) is 4.74 Å². The standard InChI is InChI=1S/C27H41F2NO4.C25H37F2NO4/c1-4-5-6-7-8-9-10-11-12-21-13-14-22(24(29)23(21)28)19-30-17-15-27(16-18-30,25(31)32)26(33)34-20(2)3;1-3-4-5-6-7-8-9-10-11-19-12-13-20(22(27)21(19)26)18-28-16-14-25(15-17-28,23(29)30)24(31)32-2/h13-14,20H,4-12,15-19H2,1-3H3,(H,31,32);12-13H,3-11,14-18H2,1-2H3,(H,29,30). The van der Waals surface area contributed by atoms with E-state index in [1.165, 1.54) is 71.3 Å². The van der Waals surface area contributed by atoms with Crippen molar-refractivity contribution in [2.24, 2.45) is 10.8 Å². The van der Waals surface area contributed by atoms with Gasteiger partial charge in [-0.2, -0.15) is 0 Å². The molecule has 0 atom stereocenters. The van der Waals surface area contributed by atoms with Gasteiger partial charge in [-0.1, -0.05) is 128 Å². The van der Waals surface area contributed by atoms with Crippen molar-refractivity contribution >= 4 is 23.9 Å². The summed E-state index contributed by atoms with van der Waals surface area (Å²) in [4.78, 5) is 51.6. The molecule has 2 aliphatic rings. The van der Waals surface area contributed by atoms with Crippen molar-refractivity contribution in [3.63, 3.8) is 0 Å². The molecule has 0 amide bonds. The van der Waals surface area contributed by atoms with Crippen LogP contribution >= 0.6 is 0 Å². The second kappa shape index (κ2) is 29.0. The molecular formula is C52H78F4N2O8. The Morgan fingerprint density at radius 3 is 1.15 bits per heavy atom. The number of carbonyl (C=O) groups is 4. The molecule has 2 N–H and O–H groups in total. The summed E-state index contributed by atoms with van der Waals surface area (Å²) in [5.74, 6) is -7.09. The van der Waals surface area contributed by atoms with Gasteiger partial charge >= 0.3 is 23.9 Å². The van der Waals surface area contributed by atoms with Crippen LogP contribution in [0.25, 0.3) is 0 Å². The van der Waals surface area contributed by atoms with Gasteiger partial charge < -0.3 is 19.7 Å². The van der Waals surface area contributed by atoms with Gasteiger partial charge in [0.2, 0.25) is 0 Å². The number of benzene rings is 2. The molecule has 2 heterocycles. The third kappa shape index (κ3) is 16.6. The maximum atomic E-state index is 14.7. The average Bonchev–Trinajstić information content (AvgIpc) is 3.30. The minimum absolute atomic E-state index is 0.0779. The lowest BCUT2D eigenvalue weighted by Gasteiger charge is -2.37. The summed E-state index contributed by atoms with van der Waals surface area (Å²) >= 11 is 0. The Balaban J connectivity index is 0.000000351. The molecule has 2 aromatic carbocycles. The topological polar surface area (TPSA) is 134 Å². The van der Waals surface area contributed by atoms with E-state index >= 15 is 0 Å². The minimum Gasteiger partial charge on any atom is -0.480 e. The molecule has 2 saturated heterocycles. The molecular weight excluding hydrogens is 857 g/mol. The zero-order chi connectivity index (χ0) is 48.7. The second-order valence-corrected chi connectivity index (χ2v) is 18.7. The maximum Gasteiger partial charge on any atom is 0.323 e. The normalized spacial score (nSPS) is 16.1. The molecule has 66 heavy (non-hydrogen) atoms. The number of carboxylic acids is 2. The molecule has 2 aliphatic heterocycles. The van der Waals surface area contributed by atoms with E-state index in [0.717, 1.165) is 38.5 Å². The van der Waals surface area contributed by atoms with Crippen molar-refractivity contribution < 1.29 is 56.4 Å². The third-order valence-electron chi connectivity index (χ3n) is 13.4. The lowest BCUT2D eigenvalue weighted by atomic mass is 9.78. The van der Waals surface area contributed by atoms with E-state index in [1.54, 1.807) is 38.1 Å². The fraction of sp³-hybridized carbons (Fsp3) is 0.692. The molecule has 0 saturated carbocycles. The number of ether oxygens (including phenoxy) is 2. The van der Waals surface area contributed by atoms with Crippen molar-refractivity contribution in [2.45, 2.75) is 188 Å². The first-order chi connectivity index (χ1) is 31.6. The number of esters is 2. The van der Waals surface area contributed by atoms with Gasteiger partial charge in [0, 0.05) is 50.4 Å². The minimum atomic E-state index is -1.58. The SMILES string of the molecule is CCCCCCCCCCc1ccc(CN2CCC(C(=O)O)(C(=O)OC(C)C)CC2)c(F)c1F.CCCCCCCCCCc1ccc(CN2CCC(C(=O)O)(C(=O)OC)CC2)c(F)c1F. The molecule has 0 aromatic heterocycles. The summed E-state index contributed by atoms with van der Waals surface area (Å²) in [5, 5.41) is 19.2. The van der Waals surface area contributed by atoms with Crippen LogP contribution in [0.1, 0.15) is 178 Å². The Bertz CT molecular complexity index is 1830.